The summed E-state index contributed by atoms with van der Waals surface area (Å²) in [5, 5.41) is 11.2. The number of carbonyl (C=O) groups is 3. The molecule has 1 saturated carbocycles. The summed E-state index contributed by atoms with van der Waals surface area (Å²) in [7, 11) is 0. The number of nitrogens with zero attached hydrogens (tertiary/aromatic N) is 4. The van der Waals surface area contributed by atoms with Gasteiger partial charge >= 0.3 is 0 Å². The quantitative estimate of drug-likeness (QED) is 0.519. The first-order valence-electron chi connectivity index (χ1n) is 11.1. The van der Waals surface area contributed by atoms with E-state index in [1.165, 1.54) is 31.2 Å². The van der Waals surface area contributed by atoms with Gasteiger partial charge in [0.2, 0.25) is 11.8 Å². The summed E-state index contributed by atoms with van der Waals surface area (Å²) in [5.74, 6) is -0.645. The van der Waals surface area contributed by atoms with Crippen molar-refractivity contribution in [1.82, 2.24) is 14.7 Å². The smallest absolute Gasteiger partial charge is 0.270 e. The van der Waals surface area contributed by atoms with Crippen LogP contribution in [0.15, 0.2) is 24.3 Å². The number of nitro groups is 1. The van der Waals surface area contributed by atoms with E-state index in [-0.39, 0.29) is 29.7 Å². The number of nitro benzene ring substituents is 1. The summed E-state index contributed by atoms with van der Waals surface area (Å²) in [6.45, 7) is 3.33. The van der Waals surface area contributed by atoms with E-state index in [0.717, 1.165) is 19.3 Å². The van der Waals surface area contributed by atoms with Gasteiger partial charge in [-0.1, -0.05) is 12.5 Å². The molecule has 4 rings (SSSR count). The predicted octanol–water partition coefficient (Wildman–Crippen LogP) is 1.79. The average molecular weight is 444 g/mol. The number of piperazine rings is 1. The summed E-state index contributed by atoms with van der Waals surface area (Å²) in [6, 6.07) is 4.82. The molecule has 0 radical (unpaired) electrons. The van der Waals surface area contributed by atoms with E-state index >= 15 is 0 Å². The van der Waals surface area contributed by atoms with Crippen LogP contribution >= 0.6 is 0 Å². The molecule has 1 aromatic carbocycles. The van der Waals surface area contributed by atoms with E-state index in [2.05, 4.69) is 0 Å². The molecule has 1 spiro atoms. The second-order valence-corrected chi connectivity index (χ2v) is 8.65. The van der Waals surface area contributed by atoms with Crippen LogP contribution in [0.5, 0.6) is 0 Å². The van der Waals surface area contributed by atoms with Gasteiger partial charge in [0.05, 0.1) is 11.5 Å². The highest BCUT2D eigenvalue weighted by atomic mass is 16.6. The Balaban J connectivity index is 1.61. The van der Waals surface area contributed by atoms with Gasteiger partial charge in [-0.15, -0.1) is 0 Å². The molecule has 10 heteroatoms. The lowest BCUT2D eigenvalue weighted by Gasteiger charge is -2.43. The van der Waals surface area contributed by atoms with Crippen molar-refractivity contribution in [3.8, 4) is 0 Å². The fourth-order valence-electron chi connectivity index (χ4n) is 5.00. The normalized spacial score (nSPS) is 22.8. The van der Waals surface area contributed by atoms with E-state index in [0.29, 0.717) is 39.0 Å². The number of hydrogen-bond donors (Lipinski definition) is 0. The highest BCUT2D eigenvalue weighted by Gasteiger charge is 2.53. The summed E-state index contributed by atoms with van der Waals surface area (Å²) in [6.07, 6.45) is 4.08. The first-order chi connectivity index (χ1) is 15.3. The Labute approximate surface area is 186 Å². The molecule has 3 fully saturated rings. The van der Waals surface area contributed by atoms with Crippen LogP contribution in [0.2, 0.25) is 0 Å². The molecule has 1 atom stereocenters. The lowest BCUT2D eigenvalue weighted by Crippen LogP contribution is -2.59. The molecule has 32 heavy (non-hydrogen) atoms. The Morgan fingerprint density at radius 2 is 1.72 bits per heavy atom. The van der Waals surface area contributed by atoms with E-state index < -0.39 is 22.6 Å². The third-order valence-electron chi connectivity index (χ3n) is 6.74. The highest BCUT2D eigenvalue weighted by molar-refractivity contribution is 5.99. The van der Waals surface area contributed by atoms with Crippen molar-refractivity contribution in [3.63, 3.8) is 0 Å². The fourth-order valence-corrected chi connectivity index (χ4v) is 5.00. The van der Waals surface area contributed by atoms with Gasteiger partial charge in [-0.3, -0.25) is 29.4 Å². The fraction of sp³-hybridized carbons (Fsp3) is 0.591. The SMILES string of the molecule is CC(=O)N1CCN(C(=O)[C@H]2COC3(CCCCC3)N2C(=O)c2cccc([N+](=O)[O-])c2)CC1. The maximum Gasteiger partial charge on any atom is 0.270 e. The first kappa shape index (κ1) is 22.2. The average Bonchev–Trinajstić information content (AvgIpc) is 3.16. The largest absolute Gasteiger partial charge is 0.353 e. The van der Waals surface area contributed by atoms with Crippen LogP contribution in [0.1, 0.15) is 49.4 Å². The standard InChI is InChI=1S/C22H28N4O6/c1-16(27)23-10-12-24(13-11-23)21(29)19-15-32-22(8-3-2-4-9-22)25(19)20(28)17-6-5-7-18(14-17)26(30)31/h5-7,14,19H,2-4,8-13,15H2,1H3/t19-/m1/s1. The van der Waals surface area contributed by atoms with Crippen molar-refractivity contribution in [2.24, 2.45) is 0 Å². The second-order valence-electron chi connectivity index (χ2n) is 8.65. The molecular weight excluding hydrogens is 416 g/mol. The third kappa shape index (κ3) is 4.06. The molecule has 1 aliphatic carbocycles. The van der Waals surface area contributed by atoms with Crippen LogP contribution in [-0.4, -0.2) is 81.9 Å². The monoisotopic (exact) mass is 444 g/mol. The molecule has 3 aliphatic rings. The van der Waals surface area contributed by atoms with Gasteiger partial charge < -0.3 is 14.5 Å². The van der Waals surface area contributed by atoms with Gasteiger partial charge in [0, 0.05) is 50.8 Å². The molecule has 1 aromatic rings. The summed E-state index contributed by atoms with van der Waals surface area (Å²) < 4.78 is 6.16. The summed E-state index contributed by atoms with van der Waals surface area (Å²) in [4.78, 5) is 54.3. The Hall–Kier alpha value is -3.01. The van der Waals surface area contributed by atoms with E-state index in [4.69, 9.17) is 4.74 Å². The maximum absolute atomic E-state index is 13.6. The molecule has 2 saturated heterocycles. The van der Waals surface area contributed by atoms with Crippen molar-refractivity contribution >= 4 is 23.4 Å². The van der Waals surface area contributed by atoms with Crippen molar-refractivity contribution in [2.75, 3.05) is 32.8 Å². The lowest BCUT2D eigenvalue weighted by molar-refractivity contribution is -0.384. The van der Waals surface area contributed by atoms with Crippen LogP contribution in [0.3, 0.4) is 0 Å². The zero-order chi connectivity index (χ0) is 22.9. The third-order valence-corrected chi connectivity index (χ3v) is 6.74. The minimum absolute atomic E-state index is 0.0232. The van der Waals surface area contributed by atoms with Crippen molar-refractivity contribution in [2.45, 2.75) is 50.8 Å². The Kier molecular flexibility index (Phi) is 6.14. The van der Waals surface area contributed by atoms with Gasteiger partial charge in [-0.2, -0.15) is 0 Å². The zero-order valence-corrected chi connectivity index (χ0v) is 18.2. The molecule has 0 bridgehead atoms. The molecule has 10 nitrogen and oxygen atoms in total. The number of non-ortho nitro benzene ring substituents is 1. The molecule has 2 aliphatic heterocycles. The molecule has 172 valence electrons. The van der Waals surface area contributed by atoms with Gasteiger partial charge in [-0.25, -0.2) is 0 Å². The highest BCUT2D eigenvalue weighted by Crippen LogP contribution is 2.42. The molecule has 2 heterocycles. The number of rotatable bonds is 3. The van der Waals surface area contributed by atoms with E-state index in [9.17, 15) is 24.5 Å². The molecule has 0 unspecified atom stereocenters. The van der Waals surface area contributed by atoms with E-state index in [1.54, 1.807) is 14.7 Å². The zero-order valence-electron chi connectivity index (χ0n) is 18.2. The number of carbonyl (C=O) groups excluding carboxylic acids is 3. The van der Waals surface area contributed by atoms with Gasteiger partial charge in [0.15, 0.2) is 0 Å². The van der Waals surface area contributed by atoms with Crippen molar-refractivity contribution in [1.29, 1.82) is 0 Å². The number of benzene rings is 1. The van der Waals surface area contributed by atoms with Gasteiger partial charge in [0.25, 0.3) is 11.6 Å². The Morgan fingerprint density at radius 1 is 1.06 bits per heavy atom. The van der Waals surface area contributed by atoms with Crippen LogP contribution in [0.4, 0.5) is 5.69 Å². The second kappa shape index (κ2) is 8.85. The van der Waals surface area contributed by atoms with Crippen LogP contribution < -0.4 is 0 Å². The number of amides is 3. The summed E-state index contributed by atoms with van der Waals surface area (Å²) >= 11 is 0. The van der Waals surface area contributed by atoms with Crippen LogP contribution in [-0.2, 0) is 14.3 Å². The Bertz CT molecular complexity index is 921. The number of hydrogen-bond acceptors (Lipinski definition) is 6. The van der Waals surface area contributed by atoms with Crippen molar-refractivity contribution in [3.05, 3.63) is 39.9 Å². The molecule has 0 aromatic heterocycles. The first-order valence-corrected chi connectivity index (χ1v) is 11.1. The molecule has 3 amide bonds. The molecule has 0 N–H and O–H groups in total. The lowest BCUT2D eigenvalue weighted by atomic mass is 9.89. The number of ether oxygens (including phenoxy) is 1. The topological polar surface area (TPSA) is 113 Å². The summed E-state index contributed by atoms with van der Waals surface area (Å²) in [5.41, 5.74) is -0.854. The maximum atomic E-state index is 13.6. The van der Waals surface area contributed by atoms with Crippen LogP contribution in [0.25, 0.3) is 0 Å². The van der Waals surface area contributed by atoms with Crippen LogP contribution in [0, 0.1) is 10.1 Å². The van der Waals surface area contributed by atoms with Gasteiger partial charge in [-0.05, 0) is 31.7 Å². The van der Waals surface area contributed by atoms with Gasteiger partial charge in [0.1, 0.15) is 11.8 Å². The molecular formula is C22H28N4O6. The Morgan fingerprint density at radius 3 is 2.34 bits per heavy atom. The predicted molar refractivity (Wildman–Crippen MR) is 114 cm³/mol. The van der Waals surface area contributed by atoms with Crippen molar-refractivity contribution < 1.29 is 24.0 Å². The minimum Gasteiger partial charge on any atom is -0.353 e. The van der Waals surface area contributed by atoms with E-state index in [1.807, 2.05) is 0 Å². The minimum atomic E-state index is -0.860.